The normalized spacial score (nSPS) is 15.6. The van der Waals surface area contributed by atoms with E-state index in [1.807, 2.05) is 18.7 Å². The molecule has 1 aliphatic rings. The van der Waals surface area contributed by atoms with Gasteiger partial charge in [0.15, 0.2) is 0 Å². The van der Waals surface area contributed by atoms with E-state index in [-0.39, 0.29) is 0 Å². The van der Waals surface area contributed by atoms with E-state index >= 15 is 0 Å². The zero-order chi connectivity index (χ0) is 17.8. The minimum atomic E-state index is 0.550. The number of aryl methyl sites for hydroxylation is 3. The Labute approximate surface area is 151 Å². The Morgan fingerprint density at radius 3 is 2.64 bits per heavy atom. The van der Waals surface area contributed by atoms with Crippen LogP contribution in [-0.4, -0.2) is 36.0 Å². The van der Waals surface area contributed by atoms with Crippen molar-refractivity contribution in [3.8, 4) is 5.88 Å². The van der Waals surface area contributed by atoms with E-state index in [2.05, 4.69) is 46.5 Å². The van der Waals surface area contributed by atoms with Gasteiger partial charge >= 0.3 is 0 Å². The molecular formula is C20H30N4O. The van der Waals surface area contributed by atoms with Crippen LogP contribution < -0.4 is 15.0 Å². The molecule has 0 aliphatic carbocycles. The summed E-state index contributed by atoms with van der Waals surface area (Å²) in [6, 6.07) is 9.35. The summed E-state index contributed by atoms with van der Waals surface area (Å²) in [6.45, 7) is 7.31. The number of methoxy groups -OCH3 is 1. The molecule has 1 N–H and O–H groups in total. The molecule has 0 spiro atoms. The molecule has 1 aliphatic heterocycles. The van der Waals surface area contributed by atoms with Gasteiger partial charge < -0.3 is 15.0 Å². The molecule has 0 bridgehead atoms. The Morgan fingerprint density at radius 1 is 1.24 bits per heavy atom. The number of piperidine rings is 1. The maximum atomic E-state index is 5.49. The Balaban J connectivity index is 1.57. The number of nitrogens with zero attached hydrogens (tertiary/aromatic N) is 3. The molecular weight excluding hydrogens is 312 g/mol. The van der Waals surface area contributed by atoms with Gasteiger partial charge in [0.1, 0.15) is 0 Å². The molecule has 0 saturated carbocycles. The van der Waals surface area contributed by atoms with Gasteiger partial charge in [-0.25, -0.2) is 4.68 Å². The summed E-state index contributed by atoms with van der Waals surface area (Å²) in [5.41, 5.74) is 5.07. The van der Waals surface area contributed by atoms with Crippen LogP contribution >= 0.6 is 0 Å². The molecule has 2 heterocycles. The second kappa shape index (κ2) is 7.91. The van der Waals surface area contributed by atoms with Crippen LogP contribution in [0.5, 0.6) is 5.88 Å². The van der Waals surface area contributed by atoms with Crippen LogP contribution in [0.4, 0.5) is 5.69 Å². The summed E-state index contributed by atoms with van der Waals surface area (Å²) < 4.78 is 7.31. The van der Waals surface area contributed by atoms with Crippen LogP contribution in [0.3, 0.4) is 0 Å². The largest absolute Gasteiger partial charge is 0.481 e. The summed E-state index contributed by atoms with van der Waals surface area (Å²) in [6.07, 6.45) is 3.42. The van der Waals surface area contributed by atoms with Crippen molar-refractivity contribution in [1.82, 2.24) is 15.1 Å². The first-order chi connectivity index (χ1) is 12.1. The first-order valence-electron chi connectivity index (χ1n) is 9.26. The van der Waals surface area contributed by atoms with E-state index in [0.29, 0.717) is 6.04 Å². The highest BCUT2D eigenvalue weighted by molar-refractivity contribution is 5.54. The highest BCUT2D eigenvalue weighted by Crippen LogP contribution is 2.25. The first kappa shape index (κ1) is 17.8. The minimum Gasteiger partial charge on any atom is -0.481 e. The van der Waals surface area contributed by atoms with Crippen LogP contribution in [0.2, 0.25) is 0 Å². The summed E-state index contributed by atoms with van der Waals surface area (Å²) >= 11 is 0. The van der Waals surface area contributed by atoms with Crippen LogP contribution in [0.25, 0.3) is 0 Å². The molecule has 1 aromatic heterocycles. The highest BCUT2D eigenvalue weighted by atomic mass is 16.5. The molecule has 0 amide bonds. The van der Waals surface area contributed by atoms with E-state index in [1.165, 1.54) is 29.7 Å². The predicted molar refractivity (Wildman–Crippen MR) is 102 cm³/mol. The number of ether oxygens (including phenoxy) is 1. The quantitative estimate of drug-likeness (QED) is 0.876. The zero-order valence-electron chi connectivity index (χ0n) is 15.9. The van der Waals surface area contributed by atoms with Crippen molar-refractivity contribution in [2.75, 3.05) is 25.1 Å². The van der Waals surface area contributed by atoms with Crippen molar-refractivity contribution in [2.45, 2.75) is 45.7 Å². The zero-order valence-corrected chi connectivity index (χ0v) is 15.9. The van der Waals surface area contributed by atoms with Gasteiger partial charge in [-0.2, -0.15) is 5.10 Å². The highest BCUT2D eigenvalue weighted by Gasteiger charge is 2.21. The van der Waals surface area contributed by atoms with Crippen molar-refractivity contribution < 1.29 is 4.74 Å². The lowest BCUT2D eigenvalue weighted by atomic mass is 10.0. The number of benzene rings is 1. The third-order valence-corrected chi connectivity index (χ3v) is 5.26. The van der Waals surface area contributed by atoms with Gasteiger partial charge in [0, 0.05) is 38.4 Å². The van der Waals surface area contributed by atoms with Crippen molar-refractivity contribution >= 4 is 5.69 Å². The van der Waals surface area contributed by atoms with E-state index < -0.39 is 0 Å². The molecule has 1 fully saturated rings. The molecule has 1 aromatic carbocycles. The Bertz CT molecular complexity index is 702. The number of aromatic nitrogens is 2. The third kappa shape index (κ3) is 3.82. The molecule has 0 radical (unpaired) electrons. The SMILES string of the molecule is CCc1ccccc1N1CCC(NCc2c(C)nn(C)c2OC)CC1. The molecule has 25 heavy (non-hydrogen) atoms. The van der Waals surface area contributed by atoms with Crippen molar-refractivity contribution in [3.05, 3.63) is 41.1 Å². The topological polar surface area (TPSA) is 42.3 Å². The average molecular weight is 342 g/mol. The Hall–Kier alpha value is -2.01. The number of nitrogens with one attached hydrogen (secondary N) is 1. The number of anilines is 1. The lowest BCUT2D eigenvalue weighted by Crippen LogP contribution is -2.42. The number of hydrogen-bond donors (Lipinski definition) is 1. The second-order valence-corrected chi connectivity index (χ2v) is 6.82. The molecule has 0 unspecified atom stereocenters. The van der Waals surface area contributed by atoms with E-state index in [4.69, 9.17) is 4.74 Å². The van der Waals surface area contributed by atoms with Crippen molar-refractivity contribution in [2.24, 2.45) is 7.05 Å². The molecule has 3 rings (SSSR count). The maximum Gasteiger partial charge on any atom is 0.216 e. The lowest BCUT2D eigenvalue weighted by Gasteiger charge is -2.35. The fourth-order valence-electron chi connectivity index (χ4n) is 3.83. The summed E-state index contributed by atoms with van der Waals surface area (Å²) in [7, 11) is 3.64. The fourth-order valence-corrected chi connectivity index (χ4v) is 3.83. The minimum absolute atomic E-state index is 0.550. The van der Waals surface area contributed by atoms with Gasteiger partial charge in [0.25, 0.3) is 0 Å². The first-order valence-corrected chi connectivity index (χ1v) is 9.26. The van der Waals surface area contributed by atoms with Gasteiger partial charge in [-0.05, 0) is 37.8 Å². The second-order valence-electron chi connectivity index (χ2n) is 6.82. The third-order valence-electron chi connectivity index (χ3n) is 5.26. The van der Waals surface area contributed by atoms with Gasteiger partial charge in [-0.15, -0.1) is 0 Å². The van der Waals surface area contributed by atoms with Crippen molar-refractivity contribution in [3.63, 3.8) is 0 Å². The average Bonchev–Trinajstić information content (AvgIpc) is 2.92. The summed E-state index contributed by atoms with van der Waals surface area (Å²) in [5.74, 6) is 0.860. The van der Waals surface area contributed by atoms with E-state index in [0.717, 1.165) is 37.6 Å². The number of para-hydroxylation sites is 1. The van der Waals surface area contributed by atoms with Gasteiger partial charge in [-0.1, -0.05) is 25.1 Å². The van der Waals surface area contributed by atoms with Gasteiger partial charge in [0.2, 0.25) is 5.88 Å². The maximum absolute atomic E-state index is 5.49. The van der Waals surface area contributed by atoms with E-state index in [1.54, 1.807) is 7.11 Å². The molecule has 2 aromatic rings. The monoisotopic (exact) mass is 342 g/mol. The molecule has 1 saturated heterocycles. The Morgan fingerprint density at radius 2 is 1.96 bits per heavy atom. The van der Waals surface area contributed by atoms with Crippen molar-refractivity contribution in [1.29, 1.82) is 0 Å². The van der Waals surface area contributed by atoms with Crippen LogP contribution in [0.15, 0.2) is 24.3 Å². The smallest absolute Gasteiger partial charge is 0.216 e. The van der Waals surface area contributed by atoms with Crippen LogP contribution in [0.1, 0.15) is 36.6 Å². The van der Waals surface area contributed by atoms with Crippen LogP contribution in [-0.2, 0) is 20.0 Å². The Kier molecular flexibility index (Phi) is 5.63. The van der Waals surface area contributed by atoms with Crippen LogP contribution in [0, 0.1) is 6.92 Å². The predicted octanol–water partition coefficient (Wildman–Crippen LogP) is 3.06. The summed E-state index contributed by atoms with van der Waals surface area (Å²) in [4.78, 5) is 2.53. The molecule has 136 valence electrons. The summed E-state index contributed by atoms with van der Waals surface area (Å²) in [5, 5.41) is 8.17. The number of hydrogen-bond acceptors (Lipinski definition) is 4. The molecule has 5 heteroatoms. The van der Waals surface area contributed by atoms with Gasteiger partial charge in [0.05, 0.1) is 18.4 Å². The lowest BCUT2D eigenvalue weighted by molar-refractivity contribution is 0.362. The number of rotatable bonds is 6. The molecule has 0 atom stereocenters. The standard InChI is InChI=1S/C20H30N4O/c1-5-16-8-6-7-9-19(16)24-12-10-17(11-13-24)21-14-18-15(2)22-23(3)20(18)25-4/h6-9,17,21H,5,10-14H2,1-4H3. The molecule has 5 nitrogen and oxygen atoms in total. The van der Waals surface area contributed by atoms with Gasteiger partial charge in [-0.3, -0.25) is 0 Å². The van der Waals surface area contributed by atoms with E-state index in [9.17, 15) is 0 Å². The fraction of sp³-hybridized carbons (Fsp3) is 0.550.